The maximum atomic E-state index is 12.5. The number of nitrogens with one attached hydrogen (secondary N) is 2. The van der Waals surface area contributed by atoms with Gasteiger partial charge in [0.1, 0.15) is 5.75 Å². The highest BCUT2D eigenvalue weighted by molar-refractivity contribution is 6.01. The standard InChI is InChI=1S/C21H18N6O2/c1-29-20-7-2-16(15-8-10-22-11-9-15)14-19(20)25-21(28)24-17-3-5-18(6-4-17)27-13-12-23-26-27/h2-14H,1H3,(H2,24,25,28). The lowest BCUT2D eigenvalue weighted by Crippen LogP contribution is -2.19. The number of ether oxygens (including phenoxy) is 1. The molecule has 0 saturated carbocycles. The van der Waals surface area contributed by atoms with Crippen LogP contribution in [0.25, 0.3) is 16.8 Å². The number of amides is 2. The van der Waals surface area contributed by atoms with Crippen LogP contribution in [0.5, 0.6) is 5.75 Å². The van der Waals surface area contributed by atoms with Gasteiger partial charge in [-0.25, -0.2) is 9.48 Å². The molecule has 2 aromatic heterocycles. The Morgan fingerprint density at radius 1 is 0.931 bits per heavy atom. The van der Waals surface area contributed by atoms with Crippen molar-refractivity contribution >= 4 is 17.4 Å². The zero-order valence-electron chi connectivity index (χ0n) is 15.6. The van der Waals surface area contributed by atoms with E-state index in [1.807, 2.05) is 42.5 Å². The second-order valence-corrected chi connectivity index (χ2v) is 6.12. The fraction of sp³-hybridized carbons (Fsp3) is 0.0476. The monoisotopic (exact) mass is 386 g/mol. The van der Waals surface area contributed by atoms with Gasteiger partial charge in [-0.1, -0.05) is 11.3 Å². The molecule has 2 amide bonds. The normalized spacial score (nSPS) is 10.4. The second-order valence-electron chi connectivity index (χ2n) is 6.12. The number of carbonyl (C=O) groups is 1. The largest absolute Gasteiger partial charge is 0.495 e. The molecular formula is C21H18N6O2. The fourth-order valence-electron chi connectivity index (χ4n) is 2.86. The Morgan fingerprint density at radius 3 is 2.41 bits per heavy atom. The van der Waals surface area contributed by atoms with Crippen LogP contribution in [-0.2, 0) is 0 Å². The third kappa shape index (κ3) is 4.22. The van der Waals surface area contributed by atoms with E-state index < -0.39 is 0 Å². The van der Waals surface area contributed by atoms with E-state index >= 15 is 0 Å². The average molecular weight is 386 g/mol. The molecule has 2 heterocycles. The van der Waals surface area contributed by atoms with E-state index in [4.69, 9.17) is 4.74 Å². The number of methoxy groups -OCH3 is 1. The van der Waals surface area contributed by atoms with Crippen molar-refractivity contribution in [3.63, 3.8) is 0 Å². The predicted molar refractivity (Wildman–Crippen MR) is 110 cm³/mol. The number of aromatic nitrogens is 4. The van der Waals surface area contributed by atoms with E-state index in [1.54, 1.807) is 48.7 Å². The predicted octanol–water partition coefficient (Wildman–Crippen LogP) is 3.98. The van der Waals surface area contributed by atoms with Crippen LogP contribution in [0.15, 0.2) is 79.4 Å². The Balaban J connectivity index is 1.49. The van der Waals surface area contributed by atoms with Gasteiger partial charge < -0.3 is 15.4 Å². The molecule has 0 radical (unpaired) electrons. The summed E-state index contributed by atoms with van der Waals surface area (Å²) in [6.45, 7) is 0. The molecule has 29 heavy (non-hydrogen) atoms. The third-order valence-corrected chi connectivity index (χ3v) is 4.27. The summed E-state index contributed by atoms with van der Waals surface area (Å²) in [6.07, 6.45) is 6.80. The summed E-state index contributed by atoms with van der Waals surface area (Å²) in [4.78, 5) is 16.5. The molecule has 2 aromatic carbocycles. The molecule has 0 spiro atoms. The molecule has 0 aliphatic rings. The lowest BCUT2D eigenvalue weighted by Gasteiger charge is -2.13. The first-order chi connectivity index (χ1) is 14.2. The van der Waals surface area contributed by atoms with Crippen LogP contribution in [0.2, 0.25) is 0 Å². The first-order valence-electron chi connectivity index (χ1n) is 8.86. The van der Waals surface area contributed by atoms with Crippen molar-refractivity contribution in [2.75, 3.05) is 17.7 Å². The molecule has 0 atom stereocenters. The van der Waals surface area contributed by atoms with Gasteiger partial charge in [0.25, 0.3) is 0 Å². The lowest BCUT2D eigenvalue weighted by atomic mass is 10.1. The van der Waals surface area contributed by atoms with Crippen molar-refractivity contribution in [2.24, 2.45) is 0 Å². The molecule has 144 valence electrons. The maximum Gasteiger partial charge on any atom is 0.323 e. The number of pyridine rings is 1. The number of hydrogen-bond donors (Lipinski definition) is 2. The number of anilines is 2. The Bertz CT molecular complexity index is 1100. The van der Waals surface area contributed by atoms with Gasteiger partial charge >= 0.3 is 6.03 Å². The van der Waals surface area contributed by atoms with Crippen LogP contribution in [0.1, 0.15) is 0 Å². The van der Waals surface area contributed by atoms with E-state index in [1.165, 1.54) is 0 Å². The summed E-state index contributed by atoms with van der Waals surface area (Å²) in [5.74, 6) is 0.569. The van der Waals surface area contributed by atoms with E-state index in [0.717, 1.165) is 16.8 Å². The molecular weight excluding hydrogens is 368 g/mol. The van der Waals surface area contributed by atoms with Crippen LogP contribution in [0, 0.1) is 0 Å². The minimum absolute atomic E-state index is 0.372. The molecule has 0 unspecified atom stereocenters. The number of benzene rings is 2. The van der Waals surface area contributed by atoms with Gasteiger partial charge in [0.05, 0.1) is 30.9 Å². The van der Waals surface area contributed by atoms with Crippen molar-refractivity contribution in [3.05, 3.63) is 79.4 Å². The quantitative estimate of drug-likeness (QED) is 0.541. The van der Waals surface area contributed by atoms with Gasteiger partial charge in [-0.3, -0.25) is 4.98 Å². The van der Waals surface area contributed by atoms with E-state index in [9.17, 15) is 4.79 Å². The highest BCUT2D eigenvalue weighted by Gasteiger charge is 2.10. The van der Waals surface area contributed by atoms with Crippen LogP contribution < -0.4 is 15.4 Å². The van der Waals surface area contributed by atoms with Gasteiger partial charge in [-0.15, -0.1) is 5.10 Å². The molecule has 8 nitrogen and oxygen atoms in total. The summed E-state index contributed by atoms with van der Waals surface area (Å²) in [7, 11) is 1.56. The topological polar surface area (TPSA) is 94.0 Å². The van der Waals surface area contributed by atoms with E-state index in [-0.39, 0.29) is 6.03 Å². The fourth-order valence-corrected chi connectivity index (χ4v) is 2.86. The van der Waals surface area contributed by atoms with Crippen LogP contribution in [0.3, 0.4) is 0 Å². The second kappa shape index (κ2) is 8.22. The Hall–Kier alpha value is -4.20. The number of nitrogens with zero attached hydrogens (tertiary/aromatic N) is 4. The molecule has 0 aliphatic carbocycles. The first kappa shape index (κ1) is 18.2. The summed E-state index contributed by atoms with van der Waals surface area (Å²) < 4.78 is 7.01. The maximum absolute atomic E-state index is 12.5. The Kier molecular flexibility index (Phi) is 5.15. The molecule has 2 N–H and O–H groups in total. The first-order valence-corrected chi connectivity index (χ1v) is 8.86. The molecule has 0 saturated heterocycles. The van der Waals surface area contributed by atoms with Crippen molar-refractivity contribution in [3.8, 4) is 22.6 Å². The molecule has 0 bridgehead atoms. The number of urea groups is 1. The van der Waals surface area contributed by atoms with Crippen LogP contribution in [-0.4, -0.2) is 33.1 Å². The van der Waals surface area contributed by atoms with E-state index in [2.05, 4.69) is 25.9 Å². The Morgan fingerprint density at radius 2 is 1.72 bits per heavy atom. The van der Waals surface area contributed by atoms with Crippen molar-refractivity contribution < 1.29 is 9.53 Å². The highest BCUT2D eigenvalue weighted by atomic mass is 16.5. The lowest BCUT2D eigenvalue weighted by molar-refractivity contribution is 0.262. The summed E-state index contributed by atoms with van der Waals surface area (Å²) in [5, 5.41) is 13.4. The minimum Gasteiger partial charge on any atom is -0.495 e. The molecule has 4 aromatic rings. The number of rotatable bonds is 5. The van der Waals surface area contributed by atoms with Crippen molar-refractivity contribution in [1.29, 1.82) is 0 Å². The number of carbonyl (C=O) groups excluding carboxylic acids is 1. The third-order valence-electron chi connectivity index (χ3n) is 4.27. The zero-order chi connectivity index (χ0) is 20.1. The van der Waals surface area contributed by atoms with Crippen molar-refractivity contribution in [2.45, 2.75) is 0 Å². The van der Waals surface area contributed by atoms with Crippen LogP contribution in [0.4, 0.5) is 16.2 Å². The molecule has 8 heteroatoms. The van der Waals surface area contributed by atoms with Crippen LogP contribution >= 0.6 is 0 Å². The van der Waals surface area contributed by atoms with Gasteiger partial charge in [0, 0.05) is 18.1 Å². The minimum atomic E-state index is -0.372. The summed E-state index contributed by atoms with van der Waals surface area (Å²) in [5.41, 5.74) is 4.00. The SMILES string of the molecule is COc1ccc(-c2ccncc2)cc1NC(=O)Nc1ccc(-n2ccnn2)cc1. The van der Waals surface area contributed by atoms with Gasteiger partial charge in [0.15, 0.2) is 0 Å². The average Bonchev–Trinajstić information content (AvgIpc) is 3.30. The summed E-state index contributed by atoms with van der Waals surface area (Å²) >= 11 is 0. The smallest absolute Gasteiger partial charge is 0.323 e. The molecule has 0 aliphatic heterocycles. The Labute approximate surface area is 167 Å². The van der Waals surface area contributed by atoms with Gasteiger partial charge in [-0.2, -0.15) is 0 Å². The molecule has 4 rings (SSSR count). The van der Waals surface area contributed by atoms with Gasteiger partial charge in [0.2, 0.25) is 0 Å². The highest BCUT2D eigenvalue weighted by Crippen LogP contribution is 2.30. The van der Waals surface area contributed by atoms with Gasteiger partial charge in [-0.05, 0) is 59.7 Å². The zero-order valence-corrected chi connectivity index (χ0v) is 15.6. The number of hydrogen-bond acceptors (Lipinski definition) is 5. The van der Waals surface area contributed by atoms with Crippen molar-refractivity contribution in [1.82, 2.24) is 20.0 Å². The molecule has 0 fully saturated rings. The van der Waals surface area contributed by atoms with E-state index in [0.29, 0.717) is 17.1 Å². The summed E-state index contributed by atoms with van der Waals surface area (Å²) in [6, 6.07) is 16.3.